The van der Waals surface area contributed by atoms with Gasteiger partial charge >= 0.3 is 0 Å². The van der Waals surface area contributed by atoms with Gasteiger partial charge in [-0.3, -0.25) is 0 Å². The highest BCUT2D eigenvalue weighted by atomic mass is 14.0. The van der Waals surface area contributed by atoms with Gasteiger partial charge in [-0.05, 0) is 31.8 Å². The molecule has 0 heteroatoms. The SMILES string of the molecule is [C]1=C/C=C\C=C/CCCCCCCCCCCCCCCCCCCCCCC\1. The summed E-state index contributed by atoms with van der Waals surface area (Å²) < 4.78 is 0. The zero-order chi connectivity index (χ0) is 20.5. The van der Waals surface area contributed by atoms with E-state index < -0.39 is 0 Å². The summed E-state index contributed by atoms with van der Waals surface area (Å²) in [6.07, 6.45) is 47.0. The fourth-order valence-corrected chi connectivity index (χ4v) is 4.29. The molecule has 0 aliphatic heterocycles. The van der Waals surface area contributed by atoms with Crippen LogP contribution in [0.4, 0.5) is 0 Å². The van der Waals surface area contributed by atoms with Gasteiger partial charge < -0.3 is 0 Å². The first-order valence-corrected chi connectivity index (χ1v) is 13.4. The normalized spacial score (nSPS) is 25.7. The molecule has 1 aliphatic rings. The van der Waals surface area contributed by atoms with E-state index in [1.807, 2.05) is 0 Å². The molecule has 0 fully saturated rings. The molecular weight excluding hydrogens is 348 g/mol. The van der Waals surface area contributed by atoms with Gasteiger partial charge in [-0.25, -0.2) is 0 Å². The van der Waals surface area contributed by atoms with E-state index in [0.717, 1.165) is 6.42 Å². The van der Waals surface area contributed by atoms with Crippen molar-refractivity contribution in [3.63, 3.8) is 0 Å². The standard InChI is InChI=1S/C29H51/c1-2-4-6-8-10-12-14-16-18-20-22-24-26-28-29-27-25-23-21-19-17-15-13-11-9-7-5-3-1/h1-5H,6,8-29H2/b3-1-,4-2-,7-5?. The van der Waals surface area contributed by atoms with Crippen LogP contribution < -0.4 is 0 Å². The molecule has 0 atom stereocenters. The van der Waals surface area contributed by atoms with E-state index in [2.05, 4.69) is 36.5 Å². The van der Waals surface area contributed by atoms with Crippen LogP contribution in [-0.2, 0) is 0 Å². The molecule has 0 amide bonds. The Hall–Kier alpha value is -0.780. The van der Waals surface area contributed by atoms with Crippen molar-refractivity contribution in [2.45, 2.75) is 148 Å². The highest BCUT2D eigenvalue weighted by Gasteiger charge is 1.95. The predicted octanol–water partition coefficient (Wildman–Crippen LogP) is 10.4. The van der Waals surface area contributed by atoms with E-state index in [1.54, 1.807) is 0 Å². The molecule has 0 saturated heterocycles. The van der Waals surface area contributed by atoms with Gasteiger partial charge in [-0.15, -0.1) is 0 Å². The Morgan fingerprint density at radius 2 is 0.724 bits per heavy atom. The molecule has 0 aromatic rings. The molecule has 0 heterocycles. The van der Waals surface area contributed by atoms with Crippen LogP contribution >= 0.6 is 0 Å². The maximum atomic E-state index is 3.42. The average molecular weight is 400 g/mol. The summed E-state index contributed by atoms with van der Waals surface area (Å²) >= 11 is 0. The minimum absolute atomic E-state index is 1.12. The molecule has 167 valence electrons. The summed E-state index contributed by atoms with van der Waals surface area (Å²) in [5.74, 6) is 0. The van der Waals surface area contributed by atoms with Gasteiger partial charge in [0.25, 0.3) is 0 Å². The van der Waals surface area contributed by atoms with Crippen LogP contribution in [0, 0.1) is 6.08 Å². The lowest BCUT2D eigenvalue weighted by Gasteiger charge is -2.04. The summed E-state index contributed by atoms with van der Waals surface area (Å²) in [7, 11) is 0. The van der Waals surface area contributed by atoms with E-state index in [1.165, 1.54) is 141 Å². The number of rotatable bonds is 0. The lowest BCUT2D eigenvalue weighted by atomic mass is 10.0. The van der Waals surface area contributed by atoms with E-state index in [-0.39, 0.29) is 0 Å². The second-order valence-electron chi connectivity index (χ2n) is 9.15. The van der Waals surface area contributed by atoms with Crippen molar-refractivity contribution in [1.29, 1.82) is 0 Å². The van der Waals surface area contributed by atoms with Crippen molar-refractivity contribution in [2.75, 3.05) is 0 Å². The first-order valence-electron chi connectivity index (χ1n) is 13.4. The molecule has 0 bridgehead atoms. The quantitative estimate of drug-likeness (QED) is 0.380. The fraction of sp³-hybridized carbons (Fsp3) is 0.793. The van der Waals surface area contributed by atoms with Crippen LogP contribution in [0.5, 0.6) is 0 Å². The van der Waals surface area contributed by atoms with Crippen LogP contribution in [0.1, 0.15) is 148 Å². The smallest absolute Gasteiger partial charge is 0.0276 e. The maximum absolute atomic E-state index is 3.42. The zero-order valence-electron chi connectivity index (χ0n) is 19.7. The lowest BCUT2D eigenvalue weighted by Crippen LogP contribution is -1.84. The van der Waals surface area contributed by atoms with E-state index in [4.69, 9.17) is 0 Å². The number of allylic oxidation sites excluding steroid dienone is 6. The summed E-state index contributed by atoms with van der Waals surface area (Å²) in [5, 5.41) is 0. The molecule has 0 N–H and O–H groups in total. The second kappa shape index (κ2) is 23.5. The first-order chi connectivity index (χ1) is 14.5. The fourth-order valence-electron chi connectivity index (χ4n) is 4.29. The van der Waals surface area contributed by atoms with E-state index >= 15 is 0 Å². The Labute approximate surface area is 184 Å². The highest BCUT2D eigenvalue weighted by Crippen LogP contribution is 2.15. The second-order valence-corrected chi connectivity index (χ2v) is 9.15. The molecule has 0 unspecified atom stereocenters. The number of hydrogen-bond acceptors (Lipinski definition) is 0. The molecule has 0 spiro atoms. The highest BCUT2D eigenvalue weighted by molar-refractivity contribution is 5.09. The van der Waals surface area contributed by atoms with Crippen LogP contribution in [0.25, 0.3) is 0 Å². The summed E-state index contributed by atoms with van der Waals surface area (Å²) in [4.78, 5) is 0. The average Bonchev–Trinajstić information content (AvgIpc) is 2.73. The molecule has 0 aromatic carbocycles. The van der Waals surface area contributed by atoms with Gasteiger partial charge in [-0.1, -0.05) is 152 Å². The summed E-state index contributed by atoms with van der Waals surface area (Å²) in [6.45, 7) is 0. The van der Waals surface area contributed by atoms with Crippen LogP contribution in [0.15, 0.2) is 30.4 Å². The molecule has 0 nitrogen and oxygen atoms in total. The van der Waals surface area contributed by atoms with Crippen molar-refractivity contribution in [3.8, 4) is 0 Å². The molecular formula is C29H51. The largest absolute Gasteiger partial charge is 0.0845 e. The van der Waals surface area contributed by atoms with Gasteiger partial charge in [0.1, 0.15) is 0 Å². The molecule has 1 rings (SSSR count). The predicted molar refractivity (Wildman–Crippen MR) is 132 cm³/mol. The monoisotopic (exact) mass is 399 g/mol. The molecule has 29 heavy (non-hydrogen) atoms. The van der Waals surface area contributed by atoms with Gasteiger partial charge in [0.15, 0.2) is 0 Å². The van der Waals surface area contributed by atoms with Crippen molar-refractivity contribution in [1.82, 2.24) is 0 Å². The Morgan fingerprint density at radius 1 is 0.345 bits per heavy atom. The van der Waals surface area contributed by atoms with E-state index in [0.29, 0.717) is 0 Å². The first kappa shape index (κ1) is 26.3. The van der Waals surface area contributed by atoms with Crippen molar-refractivity contribution >= 4 is 0 Å². The van der Waals surface area contributed by atoms with Gasteiger partial charge in [-0.2, -0.15) is 0 Å². The van der Waals surface area contributed by atoms with Crippen LogP contribution in [0.3, 0.4) is 0 Å². The Morgan fingerprint density at radius 3 is 1.17 bits per heavy atom. The van der Waals surface area contributed by atoms with Gasteiger partial charge in [0, 0.05) is 0 Å². The summed E-state index contributed by atoms with van der Waals surface area (Å²) in [6, 6.07) is 0. The van der Waals surface area contributed by atoms with Crippen molar-refractivity contribution < 1.29 is 0 Å². The molecule has 1 radical (unpaired) electrons. The Balaban J connectivity index is 2.12. The third-order valence-electron chi connectivity index (χ3n) is 6.26. The summed E-state index contributed by atoms with van der Waals surface area (Å²) in [5.41, 5.74) is 0. The van der Waals surface area contributed by atoms with Crippen LogP contribution in [0.2, 0.25) is 0 Å². The minimum atomic E-state index is 1.12. The van der Waals surface area contributed by atoms with Gasteiger partial charge in [0.2, 0.25) is 0 Å². The Bertz CT molecular complexity index is 351. The number of hydrogen-bond donors (Lipinski definition) is 0. The van der Waals surface area contributed by atoms with E-state index in [9.17, 15) is 0 Å². The van der Waals surface area contributed by atoms with Crippen molar-refractivity contribution in [2.24, 2.45) is 0 Å². The maximum Gasteiger partial charge on any atom is -0.0276 e. The van der Waals surface area contributed by atoms with Gasteiger partial charge in [0.05, 0.1) is 0 Å². The molecule has 1 aliphatic carbocycles. The lowest BCUT2D eigenvalue weighted by molar-refractivity contribution is 0.520. The zero-order valence-corrected chi connectivity index (χ0v) is 19.7. The van der Waals surface area contributed by atoms with Crippen molar-refractivity contribution in [3.05, 3.63) is 36.5 Å². The van der Waals surface area contributed by atoms with Crippen LogP contribution in [-0.4, -0.2) is 0 Å². The molecule has 0 aromatic heterocycles. The Kier molecular flexibility index (Phi) is 21.3. The minimum Gasteiger partial charge on any atom is -0.0845 e. The topological polar surface area (TPSA) is 0 Å². The molecule has 0 saturated carbocycles. The third kappa shape index (κ3) is 21.7. The third-order valence-corrected chi connectivity index (χ3v) is 6.26.